The third kappa shape index (κ3) is 4.71. The van der Waals surface area contributed by atoms with Gasteiger partial charge in [0.2, 0.25) is 10.0 Å². The Morgan fingerprint density at radius 2 is 1.86 bits per heavy atom. The van der Waals surface area contributed by atoms with Crippen molar-refractivity contribution in [2.24, 2.45) is 11.1 Å². The van der Waals surface area contributed by atoms with E-state index in [1.807, 2.05) is 6.92 Å². The van der Waals surface area contributed by atoms with Crippen LogP contribution in [0.5, 0.6) is 0 Å². The third-order valence-electron chi connectivity index (χ3n) is 3.68. The Hall–Kier alpha value is -0.0400. The monoisotopic (exact) mass is 372 g/mol. The quantitative estimate of drug-likeness (QED) is 0.882. The molecule has 0 aliphatic carbocycles. The van der Waals surface area contributed by atoms with Crippen LogP contribution >= 0.6 is 35.6 Å². The van der Waals surface area contributed by atoms with E-state index in [1.54, 1.807) is 18.2 Å². The highest BCUT2D eigenvalue weighted by Crippen LogP contribution is 2.31. The van der Waals surface area contributed by atoms with Crippen molar-refractivity contribution in [3.63, 3.8) is 0 Å². The largest absolute Gasteiger partial charge is 0.330 e. The van der Waals surface area contributed by atoms with Crippen LogP contribution in [-0.4, -0.2) is 32.4 Å². The van der Waals surface area contributed by atoms with Crippen LogP contribution in [0, 0.1) is 5.41 Å². The van der Waals surface area contributed by atoms with Crippen molar-refractivity contribution in [1.82, 2.24) is 4.31 Å². The first kappa shape index (κ1) is 19.0. The molecule has 0 aromatic heterocycles. The molecule has 21 heavy (non-hydrogen) atoms. The van der Waals surface area contributed by atoms with Gasteiger partial charge in [-0.2, -0.15) is 0 Å². The second-order valence-corrected chi connectivity index (χ2v) is 8.47. The predicted octanol–water partition coefficient (Wildman–Crippen LogP) is 2.92. The number of nitrogens with two attached hydrogens (primary N) is 1. The van der Waals surface area contributed by atoms with E-state index in [9.17, 15) is 8.42 Å². The van der Waals surface area contributed by atoms with Crippen molar-refractivity contribution in [1.29, 1.82) is 0 Å². The molecule has 1 atom stereocenters. The minimum atomic E-state index is -3.37. The van der Waals surface area contributed by atoms with Gasteiger partial charge in [-0.25, -0.2) is 12.7 Å². The van der Waals surface area contributed by atoms with Crippen molar-refractivity contribution in [3.05, 3.63) is 33.8 Å². The van der Waals surface area contributed by atoms with E-state index in [1.165, 1.54) is 4.31 Å². The average molecular weight is 374 g/mol. The second-order valence-electron chi connectivity index (χ2n) is 5.63. The van der Waals surface area contributed by atoms with E-state index in [-0.39, 0.29) is 23.6 Å². The molecule has 2 rings (SSSR count). The maximum Gasteiger partial charge on any atom is 0.218 e. The van der Waals surface area contributed by atoms with Gasteiger partial charge >= 0.3 is 0 Å². The van der Waals surface area contributed by atoms with Gasteiger partial charge in [0.1, 0.15) is 0 Å². The van der Waals surface area contributed by atoms with Gasteiger partial charge in [-0.15, -0.1) is 12.4 Å². The van der Waals surface area contributed by atoms with Crippen LogP contribution in [0.15, 0.2) is 18.2 Å². The molecule has 1 aromatic rings. The Morgan fingerprint density at radius 1 is 1.29 bits per heavy atom. The van der Waals surface area contributed by atoms with Gasteiger partial charge in [-0.1, -0.05) is 30.1 Å². The van der Waals surface area contributed by atoms with Crippen molar-refractivity contribution in [3.8, 4) is 0 Å². The highest BCUT2D eigenvalue weighted by atomic mass is 35.5. The third-order valence-corrected chi connectivity index (χ3v) is 5.91. The van der Waals surface area contributed by atoms with E-state index in [2.05, 4.69) is 0 Å². The molecule has 1 fully saturated rings. The highest BCUT2D eigenvalue weighted by Gasteiger charge is 2.38. The predicted molar refractivity (Wildman–Crippen MR) is 89.7 cm³/mol. The molecule has 1 aromatic carbocycles. The van der Waals surface area contributed by atoms with Gasteiger partial charge in [0.15, 0.2) is 0 Å². The average Bonchev–Trinajstić information content (AvgIpc) is 2.71. The smallest absolute Gasteiger partial charge is 0.218 e. The zero-order chi connectivity index (χ0) is 15.0. The summed E-state index contributed by atoms with van der Waals surface area (Å²) in [6, 6.07) is 4.84. The summed E-state index contributed by atoms with van der Waals surface area (Å²) in [6.07, 6.45) is 0.791. The molecule has 8 heteroatoms. The van der Waals surface area contributed by atoms with Crippen LogP contribution < -0.4 is 5.73 Å². The molecule has 2 N–H and O–H groups in total. The summed E-state index contributed by atoms with van der Waals surface area (Å²) in [5.41, 5.74) is 6.18. The fourth-order valence-electron chi connectivity index (χ4n) is 2.38. The Labute approximate surface area is 142 Å². The molecular weight excluding hydrogens is 355 g/mol. The van der Waals surface area contributed by atoms with Crippen LogP contribution in [0.1, 0.15) is 18.9 Å². The fourth-order valence-corrected chi connectivity index (χ4v) is 4.60. The molecule has 4 nitrogen and oxygen atoms in total. The lowest BCUT2D eigenvalue weighted by Gasteiger charge is -2.22. The summed E-state index contributed by atoms with van der Waals surface area (Å²) in [7, 11) is -3.37. The van der Waals surface area contributed by atoms with Crippen LogP contribution in [0.4, 0.5) is 0 Å². The Morgan fingerprint density at radius 3 is 2.33 bits per heavy atom. The number of benzene rings is 1. The standard InChI is InChI=1S/C13H18Cl2N2O2S.ClH/c1-13(8-16)2-3-17(9-13)20(18,19)7-10-4-11(14)6-12(15)5-10;/h4-6H,2-3,7-9,16H2,1H3;1H. The van der Waals surface area contributed by atoms with Crippen molar-refractivity contribution >= 4 is 45.6 Å². The Bertz CT molecular complexity index is 589. The van der Waals surface area contributed by atoms with E-state index < -0.39 is 10.0 Å². The zero-order valence-corrected chi connectivity index (χ0v) is 14.8. The SMILES string of the molecule is CC1(CN)CCN(S(=O)(=O)Cc2cc(Cl)cc(Cl)c2)C1.Cl. The van der Waals surface area contributed by atoms with E-state index in [0.717, 1.165) is 6.42 Å². The van der Waals surface area contributed by atoms with E-state index in [0.29, 0.717) is 35.2 Å². The second kappa shape index (κ2) is 7.02. The number of nitrogens with zero attached hydrogens (tertiary/aromatic N) is 1. The lowest BCUT2D eigenvalue weighted by Crippen LogP contribution is -2.35. The minimum Gasteiger partial charge on any atom is -0.330 e. The topological polar surface area (TPSA) is 63.4 Å². The first-order valence-corrected chi connectivity index (χ1v) is 8.73. The van der Waals surface area contributed by atoms with Crippen molar-refractivity contribution in [2.75, 3.05) is 19.6 Å². The molecule has 1 unspecified atom stereocenters. The van der Waals surface area contributed by atoms with Crippen LogP contribution in [0.25, 0.3) is 0 Å². The van der Waals surface area contributed by atoms with Crippen LogP contribution in [0.3, 0.4) is 0 Å². The molecule has 120 valence electrons. The molecular formula is C13H19Cl3N2O2S. The zero-order valence-electron chi connectivity index (χ0n) is 11.7. The van der Waals surface area contributed by atoms with Gasteiger partial charge in [-0.3, -0.25) is 0 Å². The van der Waals surface area contributed by atoms with Crippen molar-refractivity contribution < 1.29 is 8.42 Å². The summed E-state index contributed by atoms with van der Waals surface area (Å²) < 4.78 is 26.4. The summed E-state index contributed by atoms with van der Waals surface area (Å²) in [6.45, 7) is 3.49. The minimum absolute atomic E-state index is 0. The first-order valence-electron chi connectivity index (χ1n) is 6.37. The Balaban J connectivity index is 0.00000220. The van der Waals surface area contributed by atoms with Gasteiger partial charge in [0.05, 0.1) is 5.75 Å². The summed E-state index contributed by atoms with van der Waals surface area (Å²) in [4.78, 5) is 0. The molecule has 0 saturated carbocycles. The van der Waals surface area contributed by atoms with E-state index in [4.69, 9.17) is 28.9 Å². The maximum atomic E-state index is 12.4. The normalized spacial score (nSPS) is 23.0. The maximum absolute atomic E-state index is 12.4. The number of halogens is 3. The van der Waals surface area contributed by atoms with Gasteiger partial charge in [-0.05, 0) is 42.1 Å². The summed E-state index contributed by atoms with van der Waals surface area (Å²) >= 11 is 11.8. The molecule has 1 saturated heterocycles. The molecule has 1 heterocycles. The van der Waals surface area contributed by atoms with Gasteiger partial charge < -0.3 is 5.73 Å². The fraction of sp³-hybridized carbons (Fsp3) is 0.538. The Kier molecular flexibility index (Phi) is 6.36. The van der Waals surface area contributed by atoms with Crippen LogP contribution in [0.2, 0.25) is 10.0 Å². The number of hydrogen-bond donors (Lipinski definition) is 1. The lowest BCUT2D eigenvalue weighted by molar-refractivity contribution is 0.349. The molecule has 0 bridgehead atoms. The number of rotatable bonds is 4. The number of hydrogen-bond acceptors (Lipinski definition) is 3. The van der Waals surface area contributed by atoms with Gasteiger partial charge in [0.25, 0.3) is 0 Å². The molecule has 1 aliphatic heterocycles. The number of sulfonamides is 1. The molecule has 0 amide bonds. The summed E-state index contributed by atoms with van der Waals surface area (Å²) in [5, 5.41) is 0.881. The molecule has 1 aliphatic rings. The lowest BCUT2D eigenvalue weighted by atomic mass is 9.90. The highest BCUT2D eigenvalue weighted by molar-refractivity contribution is 7.88. The molecule has 0 spiro atoms. The van der Waals surface area contributed by atoms with E-state index >= 15 is 0 Å². The first-order chi connectivity index (χ1) is 9.24. The van der Waals surface area contributed by atoms with Gasteiger partial charge in [0, 0.05) is 23.1 Å². The van der Waals surface area contributed by atoms with Crippen molar-refractivity contribution in [2.45, 2.75) is 19.1 Å². The summed E-state index contributed by atoms with van der Waals surface area (Å²) in [5.74, 6) is -0.0894. The van der Waals surface area contributed by atoms with Crippen LogP contribution in [-0.2, 0) is 15.8 Å². The molecule has 0 radical (unpaired) electrons.